The third-order valence-electron chi connectivity index (χ3n) is 4.39. The quantitative estimate of drug-likeness (QED) is 0.866. The first-order chi connectivity index (χ1) is 12.5. The van der Waals surface area contributed by atoms with Gasteiger partial charge in [-0.15, -0.1) is 11.3 Å². The lowest BCUT2D eigenvalue weighted by molar-refractivity contribution is -0.132. The number of amides is 3. The molecule has 3 amide bonds. The van der Waals surface area contributed by atoms with Crippen molar-refractivity contribution in [2.75, 3.05) is 23.7 Å². The summed E-state index contributed by atoms with van der Waals surface area (Å²) in [5.74, 6) is -0.408. The summed E-state index contributed by atoms with van der Waals surface area (Å²) < 4.78 is 0. The number of carbonyl (C=O) groups is 3. The van der Waals surface area contributed by atoms with E-state index in [0.717, 1.165) is 19.4 Å². The van der Waals surface area contributed by atoms with Crippen molar-refractivity contribution in [1.82, 2.24) is 4.90 Å². The van der Waals surface area contributed by atoms with E-state index in [1.165, 1.54) is 18.3 Å². The standard InChI is InChI=1S/C19H21N3O3S/c1-13(23)22-10-2-4-14(12-22)18(24)20-15-6-8-16(9-7-15)21-19(25)17-5-3-11-26-17/h3,5-9,11,14H,2,4,10,12H2,1H3,(H,20,24)(H,21,25)/t14-/m1/s1. The fourth-order valence-corrected chi connectivity index (χ4v) is 3.58. The van der Waals surface area contributed by atoms with Crippen molar-refractivity contribution in [2.45, 2.75) is 19.8 Å². The van der Waals surface area contributed by atoms with E-state index < -0.39 is 0 Å². The van der Waals surface area contributed by atoms with Gasteiger partial charge in [0.25, 0.3) is 5.91 Å². The summed E-state index contributed by atoms with van der Waals surface area (Å²) in [5, 5.41) is 7.57. The average Bonchev–Trinajstić information content (AvgIpc) is 3.18. The maximum atomic E-state index is 12.4. The van der Waals surface area contributed by atoms with Crippen molar-refractivity contribution < 1.29 is 14.4 Å². The Labute approximate surface area is 156 Å². The van der Waals surface area contributed by atoms with Gasteiger partial charge in [0.1, 0.15) is 0 Å². The third-order valence-corrected chi connectivity index (χ3v) is 5.26. The van der Waals surface area contributed by atoms with Gasteiger partial charge < -0.3 is 15.5 Å². The zero-order valence-corrected chi connectivity index (χ0v) is 15.3. The van der Waals surface area contributed by atoms with E-state index in [9.17, 15) is 14.4 Å². The largest absolute Gasteiger partial charge is 0.342 e. The molecule has 0 saturated carbocycles. The summed E-state index contributed by atoms with van der Waals surface area (Å²) >= 11 is 1.38. The molecule has 3 rings (SSSR count). The van der Waals surface area contributed by atoms with Crippen molar-refractivity contribution in [3.05, 3.63) is 46.7 Å². The highest BCUT2D eigenvalue weighted by Crippen LogP contribution is 2.20. The number of hydrogen-bond acceptors (Lipinski definition) is 4. The molecule has 1 aromatic carbocycles. The lowest BCUT2D eigenvalue weighted by Gasteiger charge is -2.31. The smallest absolute Gasteiger partial charge is 0.265 e. The molecule has 1 saturated heterocycles. The Morgan fingerprint density at radius 3 is 2.38 bits per heavy atom. The van der Waals surface area contributed by atoms with Gasteiger partial charge in [-0.3, -0.25) is 14.4 Å². The Bertz CT molecular complexity index is 787. The Kier molecular flexibility index (Phi) is 5.68. The fourth-order valence-electron chi connectivity index (χ4n) is 2.96. The molecule has 1 atom stereocenters. The normalized spacial score (nSPS) is 16.8. The van der Waals surface area contributed by atoms with Crippen LogP contribution >= 0.6 is 11.3 Å². The molecule has 1 fully saturated rings. The van der Waals surface area contributed by atoms with E-state index in [4.69, 9.17) is 0 Å². The average molecular weight is 371 g/mol. The SMILES string of the molecule is CC(=O)N1CCC[C@@H](C(=O)Nc2ccc(NC(=O)c3cccs3)cc2)C1. The summed E-state index contributed by atoms with van der Waals surface area (Å²) in [6, 6.07) is 10.6. The zero-order valence-electron chi connectivity index (χ0n) is 14.5. The first-order valence-corrected chi connectivity index (χ1v) is 9.42. The Hall–Kier alpha value is -2.67. The second-order valence-electron chi connectivity index (χ2n) is 6.30. The molecule has 6 nitrogen and oxygen atoms in total. The first kappa shape index (κ1) is 18.1. The molecule has 0 bridgehead atoms. The highest BCUT2D eigenvalue weighted by Gasteiger charge is 2.27. The van der Waals surface area contributed by atoms with Crippen LogP contribution in [0.25, 0.3) is 0 Å². The van der Waals surface area contributed by atoms with Gasteiger partial charge in [-0.25, -0.2) is 0 Å². The Morgan fingerprint density at radius 1 is 1.08 bits per heavy atom. The van der Waals surface area contributed by atoms with Crippen LogP contribution in [0.3, 0.4) is 0 Å². The van der Waals surface area contributed by atoms with Gasteiger partial charge >= 0.3 is 0 Å². The number of anilines is 2. The molecule has 7 heteroatoms. The van der Waals surface area contributed by atoms with Crippen LogP contribution in [0.15, 0.2) is 41.8 Å². The number of piperidine rings is 1. The fraction of sp³-hybridized carbons (Fsp3) is 0.316. The van der Waals surface area contributed by atoms with E-state index in [1.54, 1.807) is 35.2 Å². The minimum Gasteiger partial charge on any atom is -0.342 e. The van der Waals surface area contributed by atoms with Gasteiger partial charge in [0, 0.05) is 31.4 Å². The van der Waals surface area contributed by atoms with Crippen molar-refractivity contribution >= 4 is 40.4 Å². The van der Waals surface area contributed by atoms with Crippen LogP contribution in [0, 0.1) is 5.92 Å². The van der Waals surface area contributed by atoms with E-state index in [0.29, 0.717) is 22.8 Å². The molecule has 0 aliphatic carbocycles. The molecule has 0 spiro atoms. The monoisotopic (exact) mass is 371 g/mol. The molecule has 1 aromatic heterocycles. The van der Waals surface area contributed by atoms with E-state index in [1.807, 2.05) is 11.4 Å². The van der Waals surface area contributed by atoms with Gasteiger partial charge in [-0.1, -0.05) is 6.07 Å². The molecule has 2 heterocycles. The number of rotatable bonds is 4. The molecule has 1 aliphatic rings. The van der Waals surface area contributed by atoms with Crippen LogP contribution in [0.2, 0.25) is 0 Å². The Balaban J connectivity index is 1.56. The van der Waals surface area contributed by atoms with Crippen LogP contribution in [0.4, 0.5) is 11.4 Å². The van der Waals surface area contributed by atoms with E-state index >= 15 is 0 Å². The predicted molar refractivity (Wildman–Crippen MR) is 102 cm³/mol. The molecular weight excluding hydrogens is 350 g/mol. The second kappa shape index (κ2) is 8.14. The first-order valence-electron chi connectivity index (χ1n) is 8.54. The molecule has 26 heavy (non-hydrogen) atoms. The van der Waals surface area contributed by atoms with Crippen molar-refractivity contribution in [3.8, 4) is 0 Å². The van der Waals surface area contributed by atoms with Crippen LogP contribution in [0.1, 0.15) is 29.4 Å². The maximum absolute atomic E-state index is 12.4. The predicted octanol–water partition coefficient (Wildman–Crippen LogP) is 3.20. The summed E-state index contributed by atoms with van der Waals surface area (Å²) in [6.45, 7) is 2.72. The lowest BCUT2D eigenvalue weighted by Crippen LogP contribution is -2.42. The minimum atomic E-state index is -0.189. The van der Waals surface area contributed by atoms with Crippen molar-refractivity contribution in [1.29, 1.82) is 0 Å². The number of likely N-dealkylation sites (tertiary alicyclic amines) is 1. The molecule has 2 aromatic rings. The van der Waals surface area contributed by atoms with Crippen LogP contribution in [0.5, 0.6) is 0 Å². The summed E-state index contributed by atoms with van der Waals surface area (Å²) in [6.07, 6.45) is 1.62. The molecule has 2 N–H and O–H groups in total. The van der Waals surface area contributed by atoms with E-state index in [-0.39, 0.29) is 23.6 Å². The maximum Gasteiger partial charge on any atom is 0.265 e. The molecule has 0 radical (unpaired) electrons. The van der Waals surface area contributed by atoms with Gasteiger partial charge in [-0.05, 0) is 48.6 Å². The third kappa shape index (κ3) is 4.49. The molecule has 136 valence electrons. The highest BCUT2D eigenvalue weighted by atomic mass is 32.1. The minimum absolute atomic E-state index is 0.00772. The summed E-state index contributed by atoms with van der Waals surface area (Å²) in [7, 11) is 0. The van der Waals surface area contributed by atoms with Crippen molar-refractivity contribution in [2.24, 2.45) is 5.92 Å². The topological polar surface area (TPSA) is 78.5 Å². The number of carbonyl (C=O) groups excluding carboxylic acids is 3. The van der Waals surface area contributed by atoms with Crippen LogP contribution in [-0.4, -0.2) is 35.7 Å². The highest BCUT2D eigenvalue weighted by molar-refractivity contribution is 7.12. The van der Waals surface area contributed by atoms with Crippen LogP contribution < -0.4 is 10.6 Å². The van der Waals surface area contributed by atoms with Crippen LogP contribution in [-0.2, 0) is 9.59 Å². The van der Waals surface area contributed by atoms with Gasteiger partial charge in [0.05, 0.1) is 10.8 Å². The van der Waals surface area contributed by atoms with Gasteiger partial charge in [-0.2, -0.15) is 0 Å². The summed E-state index contributed by atoms with van der Waals surface area (Å²) in [5.41, 5.74) is 1.34. The molecule has 0 unspecified atom stereocenters. The number of hydrogen-bond donors (Lipinski definition) is 2. The summed E-state index contributed by atoms with van der Waals surface area (Å²) in [4.78, 5) is 38.3. The number of nitrogens with zero attached hydrogens (tertiary/aromatic N) is 1. The lowest BCUT2D eigenvalue weighted by atomic mass is 9.97. The second-order valence-corrected chi connectivity index (χ2v) is 7.25. The van der Waals surface area contributed by atoms with Gasteiger partial charge in [0.2, 0.25) is 11.8 Å². The molecular formula is C19H21N3O3S. The van der Waals surface area contributed by atoms with E-state index in [2.05, 4.69) is 10.6 Å². The van der Waals surface area contributed by atoms with Crippen molar-refractivity contribution in [3.63, 3.8) is 0 Å². The van der Waals surface area contributed by atoms with Gasteiger partial charge in [0.15, 0.2) is 0 Å². The zero-order chi connectivity index (χ0) is 18.5. The number of nitrogens with one attached hydrogen (secondary N) is 2. The number of thiophene rings is 1. The molecule has 1 aliphatic heterocycles. The Morgan fingerprint density at radius 2 is 1.77 bits per heavy atom. The number of benzene rings is 1.